The molecule has 0 spiro atoms. The molecule has 0 saturated heterocycles. The first kappa shape index (κ1) is 9.86. The molecule has 0 unspecified atom stereocenters. The molecule has 64 valence electrons. The van der Waals surface area contributed by atoms with Crippen LogP contribution < -0.4 is 15.9 Å². The van der Waals surface area contributed by atoms with E-state index in [1.807, 2.05) is 0 Å². The molecule has 0 saturated carbocycles. The van der Waals surface area contributed by atoms with Crippen molar-refractivity contribution in [3.63, 3.8) is 0 Å². The topological polar surface area (TPSA) is 128 Å². The Labute approximate surface area is 62.2 Å². The summed E-state index contributed by atoms with van der Waals surface area (Å²) in [4.78, 5) is 19.8. The van der Waals surface area contributed by atoms with Crippen molar-refractivity contribution in [2.75, 3.05) is 0 Å². The number of aliphatic hydroxyl groups is 1. The Morgan fingerprint density at radius 3 is 2.09 bits per heavy atom. The standard InChI is InChI=1S/C5H9NO5/c6-2(4(8)9)1-3(7)5(10)11/h2-3,7H,1,6H2,(H,8,9)(H,10,11)/p-1/t2-,3+/m0/s1. The van der Waals surface area contributed by atoms with Gasteiger partial charge in [-0.05, 0) is 0 Å². The van der Waals surface area contributed by atoms with Crippen molar-refractivity contribution < 1.29 is 30.6 Å². The normalized spacial score (nSPS) is 15.5. The van der Waals surface area contributed by atoms with E-state index in [1.165, 1.54) is 0 Å². The zero-order valence-electron chi connectivity index (χ0n) is 5.65. The molecule has 0 rings (SSSR count). The minimum Gasteiger partial charge on any atom is -0.547 e. The van der Waals surface area contributed by atoms with Crippen LogP contribution in [0.25, 0.3) is 0 Å². The third-order valence-electron chi connectivity index (χ3n) is 1.11. The molecule has 0 aliphatic carbocycles. The van der Waals surface area contributed by atoms with Crippen LogP contribution in [0.5, 0.6) is 0 Å². The average Bonchev–Trinajstić information content (AvgIpc) is 1.87. The second-order valence-corrected chi connectivity index (χ2v) is 2.09. The van der Waals surface area contributed by atoms with E-state index in [-0.39, 0.29) is 0 Å². The maximum Gasteiger partial charge on any atom is 0.127 e. The Balaban J connectivity index is 3.84. The fourth-order valence-electron chi connectivity index (χ4n) is 0.462. The molecule has 0 bridgehead atoms. The summed E-state index contributed by atoms with van der Waals surface area (Å²) in [7, 11) is 0. The predicted octanol–water partition coefficient (Wildman–Crippen LogP) is -5.15. The zero-order chi connectivity index (χ0) is 9.02. The number of carbonyl (C=O) groups is 2. The minimum absolute atomic E-state index is 0.495. The van der Waals surface area contributed by atoms with Gasteiger partial charge in [0.15, 0.2) is 0 Å². The van der Waals surface area contributed by atoms with E-state index in [4.69, 9.17) is 5.11 Å². The predicted molar refractivity (Wildman–Crippen MR) is 27.3 cm³/mol. The number of quaternary nitrogens is 1. The summed E-state index contributed by atoms with van der Waals surface area (Å²) in [6, 6.07) is -1.23. The van der Waals surface area contributed by atoms with Crippen LogP contribution in [0.2, 0.25) is 0 Å². The average molecular weight is 162 g/mol. The molecule has 0 heterocycles. The van der Waals surface area contributed by atoms with Crippen LogP contribution in [0.4, 0.5) is 0 Å². The highest BCUT2D eigenvalue weighted by Gasteiger charge is 2.14. The van der Waals surface area contributed by atoms with Crippen molar-refractivity contribution in [1.29, 1.82) is 0 Å². The van der Waals surface area contributed by atoms with Crippen molar-refractivity contribution in [2.24, 2.45) is 0 Å². The summed E-state index contributed by atoms with van der Waals surface area (Å²) in [5, 5.41) is 28.4. The Kier molecular flexibility index (Phi) is 3.49. The molecule has 11 heavy (non-hydrogen) atoms. The molecular weight excluding hydrogens is 154 g/mol. The first-order chi connectivity index (χ1) is 4.95. The van der Waals surface area contributed by atoms with E-state index in [0.29, 0.717) is 0 Å². The quantitative estimate of drug-likeness (QED) is 0.427. The highest BCUT2D eigenvalue weighted by molar-refractivity contribution is 5.73. The Hall–Kier alpha value is -1.14. The lowest BCUT2D eigenvalue weighted by atomic mass is 10.1. The fourth-order valence-corrected chi connectivity index (χ4v) is 0.462. The van der Waals surface area contributed by atoms with Crippen LogP contribution in [0, 0.1) is 0 Å². The number of hydrogen-bond acceptors (Lipinski definition) is 5. The smallest absolute Gasteiger partial charge is 0.127 e. The van der Waals surface area contributed by atoms with Gasteiger partial charge in [0.2, 0.25) is 0 Å². The van der Waals surface area contributed by atoms with E-state index in [9.17, 15) is 19.8 Å². The molecule has 0 aromatic carbocycles. The number of carboxylic acids is 2. The summed E-state index contributed by atoms with van der Waals surface area (Å²) < 4.78 is 0. The Bertz CT molecular complexity index is 150. The van der Waals surface area contributed by atoms with Crippen LogP contribution in [-0.2, 0) is 9.59 Å². The maximum atomic E-state index is 9.96. The lowest BCUT2D eigenvalue weighted by molar-refractivity contribution is -0.441. The largest absolute Gasteiger partial charge is 0.547 e. The number of aliphatic hydroxyl groups excluding tert-OH is 1. The van der Waals surface area contributed by atoms with Gasteiger partial charge in [-0.1, -0.05) is 0 Å². The number of carbonyl (C=O) groups excluding carboxylic acids is 2. The number of carboxylic acid groups (broad SMARTS) is 2. The molecule has 0 aromatic rings. The minimum atomic E-state index is -1.80. The van der Waals surface area contributed by atoms with E-state index in [0.717, 1.165) is 0 Å². The van der Waals surface area contributed by atoms with Crippen LogP contribution in [0.1, 0.15) is 6.42 Å². The summed E-state index contributed by atoms with van der Waals surface area (Å²) in [6.45, 7) is 0. The van der Waals surface area contributed by atoms with Crippen molar-refractivity contribution in [1.82, 2.24) is 0 Å². The molecule has 0 aliphatic heterocycles. The first-order valence-corrected chi connectivity index (χ1v) is 2.88. The van der Waals surface area contributed by atoms with Gasteiger partial charge in [0.05, 0.1) is 18.0 Å². The van der Waals surface area contributed by atoms with E-state index in [2.05, 4.69) is 5.73 Å². The molecule has 2 atom stereocenters. The number of rotatable bonds is 4. The second-order valence-electron chi connectivity index (χ2n) is 2.09. The summed E-state index contributed by atoms with van der Waals surface area (Å²) >= 11 is 0. The molecular formula is C5H8NO5-. The van der Waals surface area contributed by atoms with Crippen LogP contribution in [0.15, 0.2) is 0 Å². The van der Waals surface area contributed by atoms with E-state index in [1.54, 1.807) is 0 Å². The fraction of sp³-hybridized carbons (Fsp3) is 0.600. The molecule has 0 radical (unpaired) electrons. The zero-order valence-corrected chi connectivity index (χ0v) is 5.65. The number of aliphatic carboxylic acids is 2. The van der Waals surface area contributed by atoms with Gasteiger partial charge in [-0.25, -0.2) is 0 Å². The van der Waals surface area contributed by atoms with Crippen molar-refractivity contribution >= 4 is 11.9 Å². The summed E-state index contributed by atoms with van der Waals surface area (Å²) in [5.41, 5.74) is 3.05. The maximum absolute atomic E-state index is 9.96. The number of hydrogen-bond donors (Lipinski definition) is 2. The van der Waals surface area contributed by atoms with Gasteiger partial charge in [-0.3, -0.25) is 0 Å². The molecule has 0 amide bonds. The van der Waals surface area contributed by atoms with Gasteiger partial charge >= 0.3 is 0 Å². The third-order valence-corrected chi connectivity index (χ3v) is 1.11. The Morgan fingerprint density at radius 2 is 1.82 bits per heavy atom. The van der Waals surface area contributed by atoms with Gasteiger partial charge in [-0.2, -0.15) is 0 Å². The lowest BCUT2D eigenvalue weighted by Crippen LogP contribution is -2.69. The highest BCUT2D eigenvalue weighted by Crippen LogP contribution is 1.91. The van der Waals surface area contributed by atoms with Gasteiger partial charge in [0.1, 0.15) is 6.04 Å². The van der Waals surface area contributed by atoms with Gasteiger partial charge in [-0.15, -0.1) is 0 Å². The SMILES string of the molecule is [NH3+][C@@H](C[C@@H](O)C(=O)[O-])C(=O)[O-]. The summed E-state index contributed by atoms with van der Waals surface area (Å²) in [5.74, 6) is -3.20. The highest BCUT2D eigenvalue weighted by atomic mass is 16.4. The van der Waals surface area contributed by atoms with Gasteiger partial charge < -0.3 is 30.6 Å². The second kappa shape index (κ2) is 3.89. The van der Waals surface area contributed by atoms with Crippen LogP contribution in [0.3, 0.4) is 0 Å². The van der Waals surface area contributed by atoms with Crippen LogP contribution in [-0.4, -0.2) is 29.2 Å². The summed E-state index contributed by atoms with van der Waals surface area (Å²) in [6.07, 6.45) is -2.29. The van der Waals surface area contributed by atoms with E-state index >= 15 is 0 Å². The third kappa shape index (κ3) is 3.54. The molecule has 4 N–H and O–H groups in total. The molecule has 6 heteroatoms. The van der Waals surface area contributed by atoms with Crippen molar-refractivity contribution in [3.8, 4) is 0 Å². The lowest BCUT2D eigenvalue weighted by Gasteiger charge is -2.14. The van der Waals surface area contributed by atoms with E-state index < -0.39 is 30.5 Å². The Morgan fingerprint density at radius 1 is 1.36 bits per heavy atom. The van der Waals surface area contributed by atoms with Crippen molar-refractivity contribution in [3.05, 3.63) is 0 Å². The van der Waals surface area contributed by atoms with Gasteiger partial charge in [0, 0.05) is 6.42 Å². The molecule has 0 aromatic heterocycles. The molecule has 6 nitrogen and oxygen atoms in total. The van der Waals surface area contributed by atoms with Crippen molar-refractivity contribution in [2.45, 2.75) is 18.6 Å². The van der Waals surface area contributed by atoms with Crippen LogP contribution >= 0.6 is 0 Å². The molecule has 0 fully saturated rings. The first-order valence-electron chi connectivity index (χ1n) is 2.88. The monoisotopic (exact) mass is 162 g/mol. The molecule has 0 aliphatic rings. The van der Waals surface area contributed by atoms with Gasteiger partial charge in [0.25, 0.3) is 0 Å².